The van der Waals surface area contributed by atoms with Gasteiger partial charge in [-0.25, -0.2) is 0 Å². The molecule has 68 valence electrons. The molecule has 11 heavy (non-hydrogen) atoms. The van der Waals surface area contributed by atoms with Crippen molar-refractivity contribution < 1.29 is 22.6 Å². The fourth-order valence-electron chi connectivity index (χ4n) is 0.369. The molecule has 0 amide bonds. The summed E-state index contributed by atoms with van der Waals surface area (Å²) in [7, 11) is -4.11. The molecule has 0 saturated carbocycles. The molecule has 0 unspecified atom stereocenters. The molecule has 0 aliphatic rings. The van der Waals surface area contributed by atoms with Gasteiger partial charge in [-0.15, -0.1) is 0 Å². The van der Waals surface area contributed by atoms with Gasteiger partial charge in [0.2, 0.25) is 0 Å². The van der Waals surface area contributed by atoms with Gasteiger partial charge < -0.3 is 0 Å². The predicted molar refractivity (Wildman–Crippen MR) is 35.8 cm³/mol. The third-order valence-electron chi connectivity index (χ3n) is 0.698. The van der Waals surface area contributed by atoms with Crippen LogP contribution in [0.4, 0.5) is 0 Å². The molecular weight excluding hydrogens is 174 g/mol. The van der Waals surface area contributed by atoms with Crippen LogP contribution >= 0.6 is 0 Å². The summed E-state index contributed by atoms with van der Waals surface area (Å²) >= 11 is 0. The van der Waals surface area contributed by atoms with Gasteiger partial charge in [0, 0.05) is 0 Å². The van der Waals surface area contributed by atoms with Crippen LogP contribution in [0.3, 0.4) is 0 Å². The van der Waals surface area contributed by atoms with Gasteiger partial charge in [-0.3, -0.25) is 14.2 Å². The average Bonchev–Trinajstić information content (AvgIpc) is 1.88. The summed E-state index contributed by atoms with van der Waals surface area (Å²) in [4.78, 5) is 4.24. The van der Waals surface area contributed by atoms with Gasteiger partial charge in [0.25, 0.3) is 0 Å². The van der Waals surface area contributed by atoms with E-state index in [0.717, 1.165) is 0 Å². The highest BCUT2D eigenvalue weighted by molar-refractivity contribution is 7.84. The van der Waals surface area contributed by atoms with E-state index in [2.05, 4.69) is 9.02 Å². The minimum Gasteiger partial charge on any atom is -0.274 e. The van der Waals surface area contributed by atoms with Crippen molar-refractivity contribution in [1.29, 1.82) is 0 Å². The molecule has 0 aromatic carbocycles. The van der Waals surface area contributed by atoms with E-state index < -0.39 is 10.3 Å². The van der Waals surface area contributed by atoms with E-state index in [1.807, 2.05) is 0 Å². The largest absolute Gasteiger partial charge is 0.384 e. The molecule has 7 heteroatoms. The minimum absolute atomic E-state index is 0.0444. The molecule has 0 aliphatic carbocycles. The Morgan fingerprint density at radius 1 is 1.36 bits per heavy atom. The number of nitrogens with zero attached hydrogens (tertiary/aromatic N) is 1. The summed E-state index contributed by atoms with van der Waals surface area (Å²) < 4.78 is 25.2. The fraction of sp³-hybridized carbons (Fsp3) is 1.00. The van der Waals surface area contributed by atoms with Gasteiger partial charge in [0.15, 0.2) is 0 Å². The van der Waals surface area contributed by atoms with Gasteiger partial charge in [-0.1, -0.05) is 0 Å². The van der Waals surface area contributed by atoms with Crippen LogP contribution in [0.5, 0.6) is 0 Å². The highest BCUT2D eigenvalue weighted by Crippen LogP contribution is 1.99. The average molecular weight is 185 g/mol. The first-order valence-electron chi connectivity index (χ1n) is 3.06. The maximum Gasteiger partial charge on any atom is 0.384 e. The molecular formula is C4H11NO5S. The van der Waals surface area contributed by atoms with Gasteiger partial charge >= 0.3 is 10.3 Å². The fourth-order valence-corrected chi connectivity index (χ4v) is 0.992. The normalized spacial score (nSPS) is 12.4. The smallest absolute Gasteiger partial charge is 0.274 e. The molecule has 0 aromatic rings. The molecule has 0 bridgehead atoms. The zero-order valence-electron chi connectivity index (χ0n) is 6.35. The number of hydrogen-bond acceptors (Lipinski definition) is 5. The van der Waals surface area contributed by atoms with E-state index in [1.54, 1.807) is 0 Å². The lowest BCUT2D eigenvalue weighted by Gasteiger charge is -2.11. The second-order valence-electron chi connectivity index (χ2n) is 1.49. The first kappa shape index (κ1) is 10.8. The SMILES string of the molecule is CCON(O)S(=O)(=O)OCC. The summed E-state index contributed by atoms with van der Waals surface area (Å²) in [5, 5.41) is 8.61. The van der Waals surface area contributed by atoms with Crippen LogP contribution in [0.25, 0.3) is 0 Å². The lowest BCUT2D eigenvalue weighted by molar-refractivity contribution is -0.270. The van der Waals surface area contributed by atoms with E-state index in [-0.39, 0.29) is 17.8 Å². The molecule has 0 spiro atoms. The second-order valence-corrected chi connectivity index (χ2v) is 2.89. The first-order valence-corrected chi connectivity index (χ1v) is 4.42. The zero-order chi connectivity index (χ0) is 8.91. The Labute approximate surface area is 65.5 Å². The van der Waals surface area contributed by atoms with E-state index in [1.165, 1.54) is 13.8 Å². The van der Waals surface area contributed by atoms with Crippen LogP contribution in [-0.2, 0) is 19.3 Å². The van der Waals surface area contributed by atoms with E-state index in [0.29, 0.717) is 0 Å². The Morgan fingerprint density at radius 3 is 2.27 bits per heavy atom. The van der Waals surface area contributed by atoms with Crippen molar-refractivity contribution in [2.45, 2.75) is 13.8 Å². The van der Waals surface area contributed by atoms with Crippen molar-refractivity contribution in [1.82, 2.24) is 4.63 Å². The van der Waals surface area contributed by atoms with Crippen LogP contribution < -0.4 is 0 Å². The molecule has 0 rings (SSSR count). The van der Waals surface area contributed by atoms with Crippen LogP contribution in [0.1, 0.15) is 13.8 Å². The maximum absolute atomic E-state index is 10.6. The monoisotopic (exact) mass is 185 g/mol. The first-order chi connectivity index (χ1) is 5.04. The summed E-state index contributed by atoms with van der Waals surface area (Å²) in [5.41, 5.74) is 0. The molecule has 6 nitrogen and oxygen atoms in total. The standard InChI is InChI=1S/C4H11NO5S/c1-3-9-5(6)11(7,8)10-4-2/h6H,3-4H2,1-2H3. The third-order valence-corrected chi connectivity index (χ3v) is 1.72. The van der Waals surface area contributed by atoms with Gasteiger partial charge in [0.05, 0.1) is 17.8 Å². The molecule has 0 atom stereocenters. The molecule has 0 fully saturated rings. The second kappa shape index (κ2) is 4.62. The van der Waals surface area contributed by atoms with E-state index in [4.69, 9.17) is 5.21 Å². The molecule has 1 N–H and O–H groups in total. The van der Waals surface area contributed by atoms with Crippen LogP contribution in [-0.4, -0.2) is 31.5 Å². The predicted octanol–water partition coefficient (Wildman–Crippen LogP) is -0.0896. The Kier molecular flexibility index (Phi) is 4.54. The number of hydrogen-bond donors (Lipinski definition) is 1. The quantitative estimate of drug-likeness (QED) is 0.606. The van der Waals surface area contributed by atoms with Crippen LogP contribution in [0, 0.1) is 0 Å². The Hall–Kier alpha value is -0.210. The summed E-state index contributed by atoms with van der Waals surface area (Å²) in [6.07, 6.45) is 0. The summed E-state index contributed by atoms with van der Waals surface area (Å²) in [6.45, 7) is 3.01. The van der Waals surface area contributed by atoms with Crippen molar-refractivity contribution in [2.24, 2.45) is 0 Å². The molecule has 0 radical (unpaired) electrons. The third kappa shape index (κ3) is 3.63. The molecule has 0 aliphatic heterocycles. The van der Waals surface area contributed by atoms with Gasteiger partial charge in [0.1, 0.15) is 0 Å². The Morgan fingerprint density at radius 2 is 1.91 bits per heavy atom. The van der Waals surface area contributed by atoms with Crippen molar-refractivity contribution in [2.75, 3.05) is 13.2 Å². The van der Waals surface area contributed by atoms with Crippen molar-refractivity contribution in [3.63, 3.8) is 0 Å². The lowest BCUT2D eigenvalue weighted by atomic mass is 10.9. The molecule has 0 heterocycles. The minimum atomic E-state index is -4.11. The maximum atomic E-state index is 10.6. The van der Waals surface area contributed by atoms with E-state index in [9.17, 15) is 8.42 Å². The molecule has 0 saturated heterocycles. The molecule has 0 aromatic heterocycles. The van der Waals surface area contributed by atoms with Crippen molar-refractivity contribution >= 4 is 10.3 Å². The summed E-state index contributed by atoms with van der Waals surface area (Å²) in [5.74, 6) is 0. The van der Waals surface area contributed by atoms with Crippen molar-refractivity contribution in [3.8, 4) is 0 Å². The van der Waals surface area contributed by atoms with E-state index >= 15 is 0 Å². The number of rotatable bonds is 5. The Bertz CT molecular complexity index is 189. The zero-order valence-corrected chi connectivity index (χ0v) is 7.17. The van der Waals surface area contributed by atoms with Gasteiger partial charge in [-0.05, 0) is 13.8 Å². The topological polar surface area (TPSA) is 76.1 Å². The van der Waals surface area contributed by atoms with Gasteiger partial charge in [-0.2, -0.15) is 8.42 Å². The Balaban J connectivity index is 4.07. The van der Waals surface area contributed by atoms with Crippen LogP contribution in [0.15, 0.2) is 0 Å². The van der Waals surface area contributed by atoms with Crippen molar-refractivity contribution in [3.05, 3.63) is 0 Å². The van der Waals surface area contributed by atoms with Crippen LogP contribution in [0.2, 0.25) is 0 Å². The summed E-state index contributed by atoms with van der Waals surface area (Å²) in [6, 6.07) is 0. The highest BCUT2D eigenvalue weighted by Gasteiger charge is 2.20. The highest BCUT2D eigenvalue weighted by atomic mass is 32.2. The lowest BCUT2D eigenvalue weighted by Crippen LogP contribution is -2.29.